The molecule has 2 aromatic rings. The number of nitrogens with zero attached hydrogens (tertiary/aromatic N) is 2. The van der Waals surface area contributed by atoms with E-state index in [1.807, 2.05) is 12.1 Å². The molecule has 0 aliphatic rings. The van der Waals surface area contributed by atoms with E-state index < -0.39 is 0 Å². The van der Waals surface area contributed by atoms with Crippen LogP contribution in [-0.2, 0) is 13.2 Å². The monoisotopic (exact) mass is 296 g/mol. The smallest absolute Gasteiger partial charge is 0.129 e. The topological polar surface area (TPSA) is 36.4 Å². The van der Waals surface area contributed by atoms with E-state index in [4.69, 9.17) is 11.6 Å². The van der Waals surface area contributed by atoms with Crippen LogP contribution in [0.1, 0.15) is 24.4 Å². The molecular formula is C14H17ClN2OS. The Morgan fingerprint density at radius 1 is 1.37 bits per heavy atom. The summed E-state index contributed by atoms with van der Waals surface area (Å²) in [5, 5.41) is 11.8. The number of pyridine rings is 1. The van der Waals surface area contributed by atoms with Gasteiger partial charge in [-0.2, -0.15) is 0 Å². The lowest BCUT2D eigenvalue weighted by molar-refractivity contribution is 0.277. The van der Waals surface area contributed by atoms with Crippen molar-refractivity contribution in [3.8, 4) is 0 Å². The summed E-state index contributed by atoms with van der Waals surface area (Å²) in [4.78, 5) is 7.93. The average Bonchev–Trinajstić information content (AvgIpc) is 2.89. The third kappa shape index (κ3) is 3.47. The zero-order valence-corrected chi connectivity index (χ0v) is 12.6. The average molecular weight is 297 g/mol. The zero-order valence-electron chi connectivity index (χ0n) is 11.0. The summed E-state index contributed by atoms with van der Waals surface area (Å²) in [7, 11) is 0. The van der Waals surface area contributed by atoms with Crippen molar-refractivity contribution in [3.63, 3.8) is 0 Å². The van der Waals surface area contributed by atoms with Crippen molar-refractivity contribution < 1.29 is 5.11 Å². The highest BCUT2D eigenvalue weighted by Gasteiger charge is 2.14. The number of anilines is 1. The Bertz CT molecular complexity index is 528. The molecule has 0 amide bonds. The van der Waals surface area contributed by atoms with Gasteiger partial charge in [0.05, 0.1) is 23.9 Å². The number of aliphatic hydroxyl groups excluding tert-OH is 1. The van der Waals surface area contributed by atoms with Crippen LogP contribution in [0.2, 0.25) is 5.02 Å². The molecule has 3 nitrogen and oxygen atoms in total. The minimum Gasteiger partial charge on any atom is -0.390 e. The zero-order chi connectivity index (χ0) is 13.8. The van der Waals surface area contributed by atoms with E-state index in [0.29, 0.717) is 16.8 Å². The Morgan fingerprint density at radius 2 is 2.16 bits per heavy atom. The number of hydrogen-bond acceptors (Lipinski definition) is 4. The molecule has 2 aromatic heterocycles. The second-order valence-corrected chi connectivity index (χ2v) is 6.00. The van der Waals surface area contributed by atoms with Gasteiger partial charge in [0, 0.05) is 10.9 Å². The van der Waals surface area contributed by atoms with Crippen LogP contribution in [0.5, 0.6) is 0 Å². The Balaban J connectivity index is 2.28. The van der Waals surface area contributed by atoms with Gasteiger partial charge >= 0.3 is 0 Å². The predicted molar refractivity (Wildman–Crippen MR) is 80.8 cm³/mol. The molecule has 0 aromatic carbocycles. The van der Waals surface area contributed by atoms with Gasteiger partial charge in [0.1, 0.15) is 5.82 Å². The number of halogens is 1. The minimum absolute atomic E-state index is 0.141. The van der Waals surface area contributed by atoms with E-state index in [2.05, 4.69) is 35.2 Å². The molecule has 2 rings (SSSR count). The molecular weight excluding hydrogens is 280 g/mol. The van der Waals surface area contributed by atoms with Crippen LogP contribution in [0.25, 0.3) is 0 Å². The first kappa shape index (κ1) is 14.3. The molecule has 0 fully saturated rings. The second-order valence-electron chi connectivity index (χ2n) is 4.56. The van der Waals surface area contributed by atoms with Crippen LogP contribution in [-0.4, -0.2) is 16.1 Å². The summed E-state index contributed by atoms with van der Waals surface area (Å²) in [6.45, 7) is 4.93. The van der Waals surface area contributed by atoms with Crippen LogP contribution in [0.3, 0.4) is 0 Å². The number of aliphatic hydroxyl groups is 1. The summed E-state index contributed by atoms with van der Waals surface area (Å²) in [6.07, 6.45) is 0. The molecule has 0 unspecified atom stereocenters. The summed E-state index contributed by atoms with van der Waals surface area (Å²) >= 11 is 7.72. The summed E-state index contributed by atoms with van der Waals surface area (Å²) in [5.41, 5.74) is 0.524. The van der Waals surface area contributed by atoms with Crippen molar-refractivity contribution >= 4 is 28.8 Å². The molecule has 5 heteroatoms. The Hall–Kier alpha value is -1.10. The highest BCUT2D eigenvalue weighted by molar-refractivity contribution is 7.09. The quantitative estimate of drug-likeness (QED) is 0.914. The lowest BCUT2D eigenvalue weighted by Crippen LogP contribution is -2.30. The number of hydrogen-bond donors (Lipinski definition) is 1. The number of thiophene rings is 1. The van der Waals surface area contributed by atoms with Crippen molar-refractivity contribution in [1.29, 1.82) is 0 Å². The van der Waals surface area contributed by atoms with E-state index in [1.165, 1.54) is 4.88 Å². The molecule has 2 heterocycles. The van der Waals surface area contributed by atoms with Crippen molar-refractivity contribution in [3.05, 3.63) is 45.2 Å². The van der Waals surface area contributed by atoms with Gasteiger partial charge in [-0.3, -0.25) is 0 Å². The van der Waals surface area contributed by atoms with Crippen LogP contribution in [0.15, 0.2) is 29.6 Å². The molecule has 0 atom stereocenters. The lowest BCUT2D eigenvalue weighted by atomic mass is 10.2. The lowest BCUT2D eigenvalue weighted by Gasteiger charge is -2.27. The van der Waals surface area contributed by atoms with Crippen LogP contribution < -0.4 is 4.90 Å². The third-order valence-corrected chi connectivity index (χ3v) is 4.08. The normalized spacial score (nSPS) is 11.0. The fourth-order valence-electron chi connectivity index (χ4n) is 1.84. The van der Waals surface area contributed by atoms with Gasteiger partial charge in [-0.15, -0.1) is 11.3 Å². The van der Waals surface area contributed by atoms with Crippen molar-refractivity contribution in [2.24, 2.45) is 0 Å². The maximum absolute atomic E-state index is 9.26. The van der Waals surface area contributed by atoms with Gasteiger partial charge in [-0.05, 0) is 37.4 Å². The van der Waals surface area contributed by atoms with Gasteiger partial charge in [-0.1, -0.05) is 17.7 Å². The van der Waals surface area contributed by atoms with Gasteiger partial charge in [0.25, 0.3) is 0 Å². The van der Waals surface area contributed by atoms with Gasteiger partial charge in [0.2, 0.25) is 0 Å². The molecule has 0 saturated carbocycles. The fraction of sp³-hybridized carbons (Fsp3) is 0.357. The predicted octanol–water partition coefficient (Wildman–Crippen LogP) is 3.70. The van der Waals surface area contributed by atoms with Crippen molar-refractivity contribution in [2.45, 2.75) is 33.0 Å². The van der Waals surface area contributed by atoms with Crippen LogP contribution >= 0.6 is 22.9 Å². The van der Waals surface area contributed by atoms with Gasteiger partial charge in [-0.25, -0.2) is 4.98 Å². The first-order valence-electron chi connectivity index (χ1n) is 6.17. The molecule has 1 N–H and O–H groups in total. The fourth-order valence-corrected chi connectivity index (χ4v) is 2.71. The molecule has 0 aliphatic heterocycles. The third-order valence-electron chi connectivity index (χ3n) is 2.88. The maximum Gasteiger partial charge on any atom is 0.129 e. The van der Waals surface area contributed by atoms with Crippen LogP contribution in [0, 0.1) is 0 Å². The molecule has 0 saturated heterocycles. The van der Waals surface area contributed by atoms with E-state index in [1.54, 1.807) is 17.4 Å². The van der Waals surface area contributed by atoms with Crippen LogP contribution in [0.4, 0.5) is 5.82 Å². The molecule has 102 valence electrons. The van der Waals surface area contributed by atoms with E-state index in [9.17, 15) is 5.11 Å². The highest BCUT2D eigenvalue weighted by atomic mass is 35.5. The minimum atomic E-state index is -0.141. The molecule has 0 aliphatic carbocycles. The SMILES string of the molecule is CC(C)N(Cc1cccs1)c1ccc(Cl)c(CO)n1. The molecule has 0 spiro atoms. The Morgan fingerprint density at radius 3 is 2.74 bits per heavy atom. The van der Waals surface area contributed by atoms with Gasteiger partial charge < -0.3 is 10.0 Å². The Kier molecular flexibility index (Phi) is 4.80. The van der Waals surface area contributed by atoms with E-state index in [0.717, 1.165) is 12.4 Å². The van der Waals surface area contributed by atoms with E-state index in [-0.39, 0.29) is 6.61 Å². The van der Waals surface area contributed by atoms with Gasteiger partial charge in [0.15, 0.2) is 0 Å². The largest absolute Gasteiger partial charge is 0.390 e. The first-order chi connectivity index (χ1) is 9.11. The molecule has 19 heavy (non-hydrogen) atoms. The standard InChI is InChI=1S/C14H17ClN2OS/c1-10(2)17(8-11-4-3-7-19-11)14-6-5-12(15)13(9-18)16-14/h3-7,10,18H,8-9H2,1-2H3. The maximum atomic E-state index is 9.26. The number of aromatic nitrogens is 1. The number of rotatable bonds is 5. The van der Waals surface area contributed by atoms with Crippen molar-refractivity contribution in [2.75, 3.05) is 4.90 Å². The van der Waals surface area contributed by atoms with Crippen molar-refractivity contribution in [1.82, 2.24) is 4.98 Å². The first-order valence-corrected chi connectivity index (χ1v) is 7.43. The molecule has 0 bridgehead atoms. The molecule has 0 radical (unpaired) electrons. The summed E-state index contributed by atoms with van der Waals surface area (Å²) in [5.74, 6) is 0.844. The highest BCUT2D eigenvalue weighted by Crippen LogP contribution is 2.23. The Labute approximate surface area is 122 Å². The van der Waals surface area contributed by atoms with E-state index >= 15 is 0 Å². The second kappa shape index (κ2) is 6.37. The summed E-state index contributed by atoms with van der Waals surface area (Å²) in [6, 6.07) is 8.17. The summed E-state index contributed by atoms with van der Waals surface area (Å²) < 4.78 is 0.